The van der Waals surface area contributed by atoms with Gasteiger partial charge in [0.05, 0.1) is 17.2 Å². The van der Waals surface area contributed by atoms with Gasteiger partial charge in [-0.05, 0) is 29.8 Å². The van der Waals surface area contributed by atoms with E-state index < -0.39 is 23.4 Å². The summed E-state index contributed by atoms with van der Waals surface area (Å²) in [7, 11) is 0. The number of aromatic nitrogens is 1. The van der Waals surface area contributed by atoms with Crippen molar-refractivity contribution in [2.45, 2.75) is 16.7 Å². The molecule has 0 radical (unpaired) electrons. The van der Waals surface area contributed by atoms with E-state index in [-0.39, 0.29) is 27.5 Å². The van der Waals surface area contributed by atoms with Gasteiger partial charge >= 0.3 is 5.97 Å². The van der Waals surface area contributed by atoms with Crippen molar-refractivity contribution in [3.8, 4) is 23.3 Å². The highest BCUT2D eigenvalue weighted by Crippen LogP contribution is 2.38. The summed E-state index contributed by atoms with van der Waals surface area (Å²) in [6, 6.07) is 18.8. The van der Waals surface area contributed by atoms with Gasteiger partial charge in [-0.15, -0.1) is 0 Å². The predicted octanol–water partition coefficient (Wildman–Crippen LogP) is 4.55. The number of carboxylic acids is 1. The SMILES string of the molecule is N#Cc1c(N)nc(SC(CC(=O)O)C(=O)c2ccc(Cl)cc2)c(C#N)c1-c1ccccc1. The average molecular weight is 463 g/mol. The van der Waals surface area contributed by atoms with Crippen LogP contribution >= 0.6 is 23.4 Å². The highest BCUT2D eigenvalue weighted by Gasteiger charge is 2.28. The number of benzene rings is 2. The van der Waals surface area contributed by atoms with Crippen molar-refractivity contribution in [1.82, 2.24) is 4.98 Å². The number of thioether (sulfide) groups is 1. The first-order valence-corrected chi connectivity index (χ1v) is 10.5. The molecular formula is C23H15ClN4O3S. The number of carbonyl (C=O) groups excluding carboxylic acids is 1. The maximum absolute atomic E-state index is 13.0. The third-order valence-electron chi connectivity index (χ3n) is 4.51. The molecule has 7 nitrogen and oxygen atoms in total. The minimum atomic E-state index is -1.19. The Morgan fingerprint density at radius 3 is 2.25 bits per heavy atom. The third kappa shape index (κ3) is 4.89. The zero-order valence-corrected chi connectivity index (χ0v) is 18.0. The summed E-state index contributed by atoms with van der Waals surface area (Å²) in [5.41, 5.74) is 7.23. The Bertz CT molecular complexity index is 1270. The number of Topliss-reactive ketones (excluding diaryl/α,β-unsaturated/α-hetero) is 1. The summed E-state index contributed by atoms with van der Waals surface area (Å²) in [6.45, 7) is 0. The predicted molar refractivity (Wildman–Crippen MR) is 121 cm³/mol. The Morgan fingerprint density at radius 2 is 1.69 bits per heavy atom. The van der Waals surface area contributed by atoms with Crippen molar-refractivity contribution in [1.29, 1.82) is 10.5 Å². The number of carboxylic acid groups (broad SMARTS) is 1. The first-order valence-electron chi connectivity index (χ1n) is 9.23. The van der Waals surface area contributed by atoms with E-state index in [1.807, 2.05) is 12.1 Å². The molecule has 0 saturated heterocycles. The van der Waals surface area contributed by atoms with Crippen molar-refractivity contribution in [3.63, 3.8) is 0 Å². The number of nitrogens with two attached hydrogens (primary N) is 1. The van der Waals surface area contributed by atoms with Crippen molar-refractivity contribution in [2.24, 2.45) is 0 Å². The minimum absolute atomic E-state index is 0.0379. The Balaban J connectivity index is 2.12. The number of nitriles is 2. The van der Waals surface area contributed by atoms with Crippen molar-refractivity contribution in [3.05, 3.63) is 76.3 Å². The molecule has 0 saturated carbocycles. The van der Waals surface area contributed by atoms with Gasteiger partial charge in [0.15, 0.2) is 5.78 Å². The van der Waals surface area contributed by atoms with Gasteiger partial charge in [0.2, 0.25) is 0 Å². The topological polar surface area (TPSA) is 141 Å². The molecule has 1 aromatic heterocycles. The van der Waals surface area contributed by atoms with Crippen LogP contribution in [-0.4, -0.2) is 27.1 Å². The van der Waals surface area contributed by atoms with Gasteiger partial charge in [0.1, 0.15) is 28.5 Å². The third-order valence-corrected chi connectivity index (χ3v) is 5.95. The lowest BCUT2D eigenvalue weighted by atomic mass is 9.97. The van der Waals surface area contributed by atoms with E-state index in [9.17, 15) is 25.2 Å². The maximum Gasteiger partial charge on any atom is 0.304 e. The highest BCUT2D eigenvalue weighted by molar-refractivity contribution is 8.00. The molecule has 0 fully saturated rings. The molecule has 3 aromatic rings. The molecule has 0 bridgehead atoms. The first kappa shape index (κ1) is 22.8. The number of rotatable bonds is 7. The number of aliphatic carboxylic acids is 1. The highest BCUT2D eigenvalue weighted by atomic mass is 35.5. The molecule has 9 heteroatoms. The van der Waals surface area contributed by atoms with Crippen molar-refractivity contribution >= 4 is 40.9 Å². The minimum Gasteiger partial charge on any atom is -0.481 e. The average Bonchev–Trinajstić information content (AvgIpc) is 2.78. The van der Waals surface area contributed by atoms with Gasteiger partial charge in [-0.25, -0.2) is 4.98 Å². The molecule has 158 valence electrons. The molecule has 0 aliphatic heterocycles. The van der Waals surface area contributed by atoms with Crippen LogP contribution in [0.2, 0.25) is 5.02 Å². The maximum atomic E-state index is 13.0. The second-order valence-electron chi connectivity index (χ2n) is 6.59. The molecule has 0 aliphatic carbocycles. The zero-order chi connectivity index (χ0) is 23.3. The van der Waals surface area contributed by atoms with Crippen LogP contribution in [0.15, 0.2) is 59.6 Å². The van der Waals surface area contributed by atoms with Crippen LogP contribution in [0.5, 0.6) is 0 Å². The van der Waals surface area contributed by atoms with Crippen LogP contribution in [0.1, 0.15) is 27.9 Å². The largest absolute Gasteiger partial charge is 0.481 e. The summed E-state index contributed by atoms with van der Waals surface area (Å²) in [4.78, 5) is 28.7. The van der Waals surface area contributed by atoms with Crippen LogP contribution in [0, 0.1) is 22.7 Å². The van der Waals surface area contributed by atoms with Gasteiger partial charge in [-0.1, -0.05) is 53.7 Å². The van der Waals surface area contributed by atoms with E-state index in [0.717, 1.165) is 11.8 Å². The molecule has 1 unspecified atom stereocenters. The number of halogens is 1. The summed E-state index contributed by atoms with van der Waals surface area (Å²) in [6.07, 6.45) is -0.501. The van der Waals surface area contributed by atoms with Gasteiger partial charge in [0, 0.05) is 16.1 Å². The number of ketones is 1. The Hall–Kier alpha value is -3.85. The zero-order valence-electron chi connectivity index (χ0n) is 16.4. The van der Waals surface area contributed by atoms with E-state index in [4.69, 9.17) is 17.3 Å². The molecule has 0 aliphatic rings. The number of hydrogen-bond donors (Lipinski definition) is 2. The summed E-state index contributed by atoms with van der Waals surface area (Å²) >= 11 is 6.71. The fourth-order valence-electron chi connectivity index (χ4n) is 3.06. The fourth-order valence-corrected chi connectivity index (χ4v) is 4.34. The van der Waals surface area contributed by atoms with Gasteiger partial charge in [0.25, 0.3) is 0 Å². The van der Waals surface area contributed by atoms with Crippen LogP contribution in [0.4, 0.5) is 5.82 Å². The lowest BCUT2D eigenvalue weighted by Crippen LogP contribution is -2.22. The number of anilines is 1. The molecule has 0 amide bonds. The lowest BCUT2D eigenvalue weighted by molar-refractivity contribution is -0.136. The molecule has 2 aromatic carbocycles. The van der Waals surface area contributed by atoms with E-state index in [1.165, 1.54) is 24.3 Å². The molecule has 32 heavy (non-hydrogen) atoms. The quantitative estimate of drug-likeness (QED) is 0.385. The van der Waals surface area contributed by atoms with Crippen LogP contribution < -0.4 is 5.73 Å². The number of pyridine rings is 1. The van der Waals surface area contributed by atoms with Gasteiger partial charge in [-0.2, -0.15) is 10.5 Å². The van der Waals surface area contributed by atoms with Crippen LogP contribution in [-0.2, 0) is 4.79 Å². The summed E-state index contributed by atoms with van der Waals surface area (Å²) < 4.78 is 0. The first-order chi connectivity index (χ1) is 15.3. The van der Waals surface area contributed by atoms with Crippen LogP contribution in [0.25, 0.3) is 11.1 Å². The number of nitrogens with zero attached hydrogens (tertiary/aromatic N) is 3. The van der Waals surface area contributed by atoms with E-state index in [0.29, 0.717) is 16.1 Å². The van der Waals surface area contributed by atoms with Crippen molar-refractivity contribution < 1.29 is 14.7 Å². The Labute approximate surface area is 193 Å². The van der Waals surface area contributed by atoms with E-state index in [2.05, 4.69) is 4.98 Å². The Morgan fingerprint density at radius 1 is 1.06 bits per heavy atom. The van der Waals surface area contributed by atoms with E-state index in [1.54, 1.807) is 30.3 Å². The molecule has 3 N–H and O–H groups in total. The van der Waals surface area contributed by atoms with E-state index >= 15 is 0 Å². The molecule has 3 rings (SSSR count). The smallest absolute Gasteiger partial charge is 0.304 e. The van der Waals surface area contributed by atoms with Crippen LogP contribution in [0.3, 0.4) is 0 Å². The monoisotopic (exact) mass is 462 g/mol. The second-order valence-corrected chi connectivity index (χ2v) is 8.22. The Kier molecular flexibility index (Phi) is 7.11. The van der Waals surface area contributed by atoms with Gasteiger partial charge < -0.3 is 10.8 Å². The fraction of sp³-hybridized carbons (Fsp3) is 0.0870. The molecule has 1 atom stereocenters. The molecule has 0 spiro atoms. The summed E-state index contributed by atoms with van der Waals surface area (Å²) in [5.74, 6) is -1.75. The number of nitrogen functional groups attached to an aromatic ring is 1. The molecule has 1 heterocycles. The second kappa shape index (κ2) is 9.97. The summed E-state index contributed by atoms with van der Waals surface area (Å²) in [5, 5.41) is 28.3. The number of hydrogen-bond acceptors (Lipinski definition) is 7. The van der Waals surface area contributed by atoms with Crippen molar-refractivity contribution in [2.75, 3.05) is 5.73 Å². The lowest BCUT2D eigenvalue weighted by Gasteiger charge is -2.17. The number of carbonyl (C=O) groups is 2. The molecular weight excluding hydrogens is 448 g/mol. The standard InChI is InChI=1S/C23H15ClN4O3S/c24-15-8-6-14(7-9-15)21(31)18(10-19(29)30)32-23-17(12-26)20(13-4-2-1-3-5-13)16(11-25)22(27)28-23/h1-9,18H,10H2,(H2,27,28)(H,29,30). The normalized spacial score (nSPS) is 11.2. The van der Waals surface area contributed by atoms with Gasteiger partial charge in [-0.3, -0.25) is 9.59 Å².